The van der Waals surface area contributed by atoms with Crippen molar-refractivity contribution in [2.45, 2.75) is 51.7 Å². The maximum atomic E-state index is 5.67. The molecule has 0 amide bonds. The van der Waals surface area contributed by atoms with Crippen LogP contribution in [0, 0.1) is 5.92 Å². The van der Waals surface area contributed by atoms with Gasteiger partial charge in [-0.05, 0) is 45.6 Å². The van der Waals surface area contributed by atoms with Crippen molar-refractivity contribution in [2.75, 3.05) is 26.8 Å². The molecule has 2 atom stereocenters. The Morgan fingerprint density at radius 3 is 2.81 bits per heavy atom. The summed E-state index contributed by atoms with van der Waals surface area (Å²) in [6.45, 7) is 9.50. The summed E-state index contributed by atoms with van der Waals surface area (Å²) in [6.07, 6.45) is 3.87. The molecular formula is C13H27NO2. The Labute approximate surface area is 99.9 Å². The minimum absolute atomic E-state index is 0.0106. The van der Waals surface area contributed by atoms with Gasteiger partial charge in [0.15, 0.2) is 0 Å². The van der Waals surface area contributed by atoms with E-state index in [2.05, 4.69) is 26.1 Å². The summed E-state index contributed by atoms with van der Waals surface area (Å²) >= 11 is 0. The number of methoxy groups -OCH3 is 1. The van der Waals surface area contributed by atoms with Gasteiger partial charge in [0.2, 0.25) is 0 Å². The Morgan fingerprint density at radius 1 is 1.44 bits per heavy atom. The lowest BCUT2D eigenvalue weighted by molar-refractivity contribution is 0.0154. The Bertz CT molecular complexity index is 194. The first kappa shape index (κ1) is 13.9. The Morgan fingerprint density at radius 2 is 2.19 bits per heavy atom. The zero-order valence-electron chi connectivity index (χ0n) is 11.2. The molecule has 3 heteroatoms. The van der Waals surface area contributed by atoms with Crippen molar-refractivity contribution in [1.29, 1.82) is 0 Å². The summed E-state index contributed by atoms with van der Waals surface area (Å²) in [6, 6.07) is 0. The number of hydrogen-bond acceptors (Lipinski definition) is 3. The molecule has 0 aliphatic carbocycles. The highest BCUT2D eigenvalue weighted by atomic mass is 16.5. The van der Waals surface area contributed by atoms with Gasteiger partial charge >= 0.3 is 0 Å². The van der Waals surface area contributed by atoms with Crippen LogP contribution < -0.4 is 5.32 Å². The second kappa shape index (κ2) is 6.58. The lowest BCUT2D eigenvalue weighted by Crippen LogP contribution is -2.33. The molecule has 0 spiro atoms. The highest BCUT2D eigenvalue weighted by molar-refractivity contribution is 4.77. The molecule has 1 heterocycles. The van der Waals surface area contributed by atoms with E-state index in [9.17, 15) is 0 Å². The van der Waals surface area contributed by atoms with Crippen molar-refractivity contribution < 1.29 is 9.47 Å². The van der Waals surface area contributed by atoms with Crippen LogP contribution in [0.15, 0.2) is 0 Å². The monoisotopic (exact) mass is 229 g/mol. The Kier molecular flexibility index (Phi) is 5.73. The van der Waals surface area contributed by atoms with Gasteiger partial charge < -0.3 is 14.8 Å². The molecule has 0 aromatic carbocycles. The molecule has 0 aromatic heterocycles. The van der Waals surface area contributed by atoms with Crippen LogP contribution in [0.5, 0.6) is 0 Å². The first-order valence-corrected chi connectivity index (χ1v) is 6.46. The van der Waals surface area contributed by atoms with Crippen molar-refractivity contribution in [3.8, 4) is 0 Å². The molecule has 1 aliphatic heterocycles. The Balaban J connectivity index is 2.11. The van der Waals surface area contributed by atoms with E-state index in [-0.39, 0.29) is 5.60 Å². The van der Waals surface area contributed by atoms with E-state index < -0.39 is 0 Å². The molecule has 1 saturated heterocycles. The van der Waals surface area contributed by atoms with Crippen molar-refractivity contribution >= 4 is 0 Å². The molecule has 3 nitrogen and oxygen atoms in total. The quantitative estimate of drug-likeness (QED) is 0.679. The summed E-state index contributed by atoms with van der Waals surface area (Å²) < 4.78 is 11.1. The second-order valence-electron chi connectivity index (χ2n) is 5.28. The van der Waals surface area contributed by atoms with E-state index in [0.29, 0.717) is 12.0 Å². The van der Waals surface area contributed by atoms with Crippen LogP contribution in [-0.4, -0.2) is 38.5 Å². The minimum Gasteiger partial charge on any atom is -0.379 e. The molecule has 2 unspecified atom stereocenters. The van der Waals surface area contributed by atoms with Crippen molar-refractivity contribution in [1.82, 2.24) is 5.32 Å². The van der Waals surface area contributed by atoms with E-state index in [1.807, 2.05) is 0 Å². The number of nitrogens with one attached hydrogen (secondary N) is 1. The number of rotatable bonds is 7. The lowest BCUT2D eigenvalue weighted by Gasteiger charge is -2.24. The third-order valence-corrected chi connectivity index (χ3v) is 3.61. The maximum Gasteiger partial charge on any atom is 0.0634 e. The molecule has 1 fully saturated rings. The van der Waals surface area contributed by atoms with Gasteiger partial charge in [-0.1, -0.05) is 6.92 Å². The fraction of sp³-hybridized carbons (Fsp3) is 1.00. The van der Waals surface area contributed by atoms with Gasteiger partial charge in [-0.25, -0.2) is 0 Å². The molecule has 0 saturated carbocycles. The normalized spacial score (nSPS) is 26.2. The summed E-state index contributed by atoms with van der Waals surface area (Å²) in [7, 11) is 1.78. The van der Waals surface area contributed by atoms with Gasteiger partial charge in [-0.15, -0.1) is 0 Å². The topological polar surface area (TPSA) is 30.5 Å². The average molecular weight is 229 g/mol. The highest BCUT2D eigenvalue weighted by Gasteiger charge is 2.26. The third-order valence-electron chi connectivity index (χ3n) is 3.61. The van der Waals surface area contributed by atoms with E-state index in [0.717, 1.165) is 32.5 Å². The van der Waals surface area contributed by atoms with E-state index in [4.69, 9.17) is 9.47 Å². The lowest BCUT2D eigenvalue weighted by atomic mass is 9.99. The van der Waals surface area contributed by atoms with Crippen LogP contribution in [0.2, 0.25) is 0 Å². The first-order chi connectivity index (χ1) is 7.59. The third kappa shape index (κ3) is 4.40. The fourth-order valence-corrected chi connectivity index (χ4v) is 2.16. The summed E-state index contributed by atoms with van der Waals surface area (Å²) in [5.74, 6) is 0.704. The Hall–Kier alpha value is -0.120. The summed E-state index contributed by atoms with van der Waals surface area (Å²) in [5, 5.41) is 3.52. The number of hydrogen-bond donors (Lipinski definition) is 1. The van der Waals surface area contributed by atoms with Crippen LogP contribution in [-0.2, 0) is 9.47 Å². The van der Waals surface area contributed by atoms with Crippen LogP contribution >= 0.6 is 0 Å². The van der Waals surface area contributed by atoms with Crippen LogP contribution in [0.3, 0.4) is 0 Å². The smallest absolute Gasteiger partial charge is 0.0634 e. The fourth-order valence-electron chi connectivity index (χ4n) is 2.16. The standard InChI is InChI=1S/C13H27NO2/c1-5-12-11(6-9-16-12)10-14-8-7-13(2,3)15-4/h11-12,14H,5-10H2,1-4H3. The number of ether oxygens (including phenoxy) is 2. The van der Waals surface area contributed by atoms with Crippen molar-refractivity contribution in [3.63, 3.8) is 0 Å². The zero-order valence-corrected chi connectivity index (χ0v) is 11.2. The van der Waals surface area contributed by atoms with E-state index in [1.54, 1.807) is 7.11 Å². The predicted octanol–water partition coefficient (Wildman–Crippen LogP) is 2.21. The van der Waals surface area contributed by atoms with Gasteiger partial charge in [0.05, 0.1) is 11.7 Å². The van der Waals surface area contributed by atoms with Crippen LogP contribution in [0.1, 0.15) is 40.0 Å². The predicted molar refractivity (Wildman–Crippen MR) is 66.7 cm³/mol. The molecule has 1 aliphatic rings. The molecular weight excluding hydrogens is 202 g/mol. The van der Waals surface area contributed by atoms with E-state index >= 15 is 0 Å². The molecule has 96 valence electrons. The molecule has 0 aromatic rings. The van der Waals surface area contributed by atoms with Gasteiger partial charge in [-0.2, -0.15) is 0 Å². The molecule has 0 radical (unpaired) electrons. The largest absolute Gasteiger partial charge is 0.379 e. The van der Waals surface area contributed by atoms with E-state index in [1.165, 1.54) is 6.42 Å². The molecule has 16 heavy (non-hydrogen) atoms. The van der Waals surface area contributed by atoms with Gasteiger partial charge in [-0.3, -0.25) is 0 Å². The van der Waals surface area contributed by atoms with Crippen molar-refractivity contribution in [3.05, 3.63) is 0 Å². The van der Waals surface area contributed by atoms with Gasteiger partial charge in [0.25, 0.3) is 0 Å². The molecule has 0 bridgehead atoms. The minimum atomic E-state index is -0.0106. The maximum absolute atomic E-state index is 5.67. The van der Waals surface area contributed by atoms with Crippen molar-refractivity contribution in [2.24, 2.45) is 5.92 Å². The van der Waals surface area contributed by atoms with Crippen LogP contribution in [0.25, 0.3) is 0 Å². The first-order valence-electron chi connectivity index (χ1n) is 6.46. The van der Waals surface area contributed by atoms with Gasteiger partial charge in [0, 0.05) is 20.3 Å². The second-order valence-corrected chi connectivity index (χ2v) is 5.28. The SMILES string of the molecule is CCC1OCCC1CNCCC(C)(C)OC. The van der Waals surface area contributed by atoms with Crippen LogP contribution in [0.4, 0.5) is 0 Å². The molecule has 1 rings (SSSR count). The summed E-state index contributed by atoms with van der Waals surface area (Å²) in [5.41, 5.74) is -0.0106. The molecule has 1 N–H and O–H groups in total. The summed E-state index contributed by atoms with van der Waals surface area (Å²) in [4.78, 5) is 0. The highest BCUT2D eigenvalue weighted by Crippen LogP contribution is 2.22. The van der Waals surface area contributed by atoms with Gasteiger partial charge in [0.1, 0.15) is 0 Å². The average Bonchev–Trinajstić information content (AvgIpc) is 2.72. The zero-order chi connectivity index (χ0) is 12.0.